The third-order valence-corrected chi connectivity index (χ3v) is 2.62. The van der Waals surface area contributed by atoms with Gasteiger partial charge in [0.15, 0.2) is 0 Å². The predicted molar refractivity (Wildman–Crippen MR) is 60.7 cm³/mol. The van der Waals surface area contributed by atoms with Gasteiger partial charge in [0.1, 0.15) is 11.2 Å². The van der Waals surface area contributed by atoms with Crippen LogP contribution in [-0.4, -0.2) is 11.1 Å². The van der Waals surface area contributed by atoms with Gasteiger partial charge in [-0.15, -0.1) is 0 Å². The number of para-hydroxylation sites is 1. The van der Waals surface area contributed by atoms with Gasteiger partial charge in [-0.1, -0.05) is 18.2 Å². The Labute approximate surface area is 119 Å². The second-order valence-corrected chi connectivity index (χ2v) is 3.61. The monoisotopic (exact) mass is 235 g/mol. The quantitative estimate of drug-likeness (QED) is 0.617. The fourth-order valence-electron chi connectivity index (χ4n) is 1.86. The first-order chi connectivity index (χ1) is 7.75. The third kappa shape index (κ3) is 1.97. The normalized spacial score (nSPS) is 10.4. The van der Waals surface area contributed by atoms with Gasteiger partial charge in [0.2, 0.25) is 0 Å². The van der Waals surface area contributed by atoms with E-state index in [-0.39, 0.29) is 35.1 Å². The van der Waals surface area contributed by atoms with Crippen LogP contribution in [0.4, 0.5) is 0 Å². The molecule has 1 N–H and O–H groups in total. The third-order valence-electron chi connectivity index (χ3n) is 2.62. The van der Waals surface area contributed by atoms with E-state index in [4.69, 9.17) is 9.52 Å². The molecule has 0 aliphatic rings. The Morgan fingerprint density at radius 1 is 1.00 bits per heavy atom. The molecule has 4 heteroatoms. The fraction of sp³-hybridized carbons (Fsp3) is 0. The first-order valence-electron chi connectivity index (χ1n) is 4.90. The minimum atomic E-state index is -0.924. The van der Waals surface area contributed by atoms with Crippen molar-refractivity contribution in [3.05, 3.63) is 48.0 Å². The van der Waals surface area contributed by atoms with Gasteiger partial charge < -0.3 is 9.52 Å². The van der Waals surface area contributed by atoms with Crippen molar-refractivity contribution < 1.29 is 43.9 Å². The summed E-state index contributed by atoms with van der Waals surface area (Å²) in [7, 11) is 0. The van der Waals surface area contributed by atoms with Gasteiger partial charge in [0.25, 0.3) is 0 Å². The molecule has 0 spiro atoms. The standard InChI is InChI=1S/C13H8O3.Na/c14-13(15)8-5-6-12-10(7-8)9-3-1-2-4-11(9)16-12;/h1-7H,(H,14,15);/q;+1. The van der Waals surface area contributed by atoms with Crippen LogP contribution in [0.25, 0.3) is 21.9 Å². The SMILES string of the molecule is O=C(O)c1ccc2oc3ccccc3c2c1.[Na+]. The molecule has 2 aromatic carbocycles. The molecule has 3 rings (SSSR count). The first kappa shape index (κ1) is 12.2. The van der Waals surface area contributed by atoms with Gasteiger partial charge in [-0.2, -0.15) is 0 Å². The van der Waals surface area contributed by atoms with Gasteiger partial charge in [-0.05, 0) is 24.3 Å². The first-order valence-corrected chi connectivity index (χ1v) is 4.90. The van der Waals surface area contributed by atoms with E-state index in [2.05, 4.69) is 0 Å². The summed E-state index contributed by atoms with van der Waals surface area (Å²) in [6.07, 6.45) is 0. The van der Waals surface area contributed by atoms with Gasteiger partial charge in [-0.25, -0.2) is 4.79 Å². The number of carboxylic acid groups (broad SMARTS) is 1. The molecule has 0 amide bonds. The van der Waals surface area contributed by atoms with Crippen LogP contribution in [0.2, 0.25) is 0 Å². The summed E-state index contributed by atoms with van der Waals surface area (Å²) in [6, 6.07) is 12.5. The van der Waals surface area contributed by atoms with Crippen molar-refractivity contribution >= 4 is 27.9 Å². The van der Waals surface area contributed by atoms with E-state index in [1.165, 1.54) is 0 Å². The van der Waals surface area contributed by atoms with Crippen molar-refractivity contribution in [1.29, 1.82) is 0 Å². The van der Waals surface area contributed by atoms with E-state index >= 15 is 0 Å². The van der Waals surface area contributed by atoms with Gasteiger partial charge >= 0.3 is 35.5 Å². The van der Waals surface area contributed by atoms with Gasteiger partial charge in [0.05, 0.1) is 5.56 Å². The molecule has 3 aromatic rings. The zero-order valence-electron chi connectivity index (χ0n) is 9.31. The summed E-state index contributed by atoms with van der Waals surface area (Å²) in [5, 5.41) is 10.7. The zero-order valence-corrected chi connectivity index (χ0v) is 11.3. The maximum atomic E-state index is 10.9. The van der Waals surface area contributed by atoms with Crippen LogP contribution in [-0.2, 0) is 0 Å². The second-order valence-electron chi connectivity index (χ2n) is 3.61. The number of carbonyl (C=O) groups is 1. The Hall–Kier alpha value is -1.29. The van der Waals surface area contributed by atoms with Crippen LogP contribution in [0.1, 0.15) is 10.4 Å². The molecular formula is C13H8NaO3+. The number of hydrogen-bond acceptors (Lipinski definition) is 2. The largest absolute Gasteiger partial charge is 1.00 e. The summed E-state index contributed by atoms with van der Waals surface area (Å²) >= 11 is 0. The smallest absolute Gasteiger partial charge is 0.478 e. The predicted octanol–water partition coefficient (Wildman–Crippen LogP) is 0.288. The van der Waals surface area contributed by atoms with E-state index in [1.807, 2.05) is 24.3 Å². The maximum Gasteiger partial charge on any atom is 1.00 e. The molecule has 0 saturated heterocycles. The number of carboxylic acids is 1. The molecule has 0 aliphatic heterocycles. The Morgan fingerprint density at radius 2 is 1.71 bits per heavy atom. The van der Waals surface area contributed by atoms with Crippen LogP contribution >= 0.6 is 0 Å². The maximum absolute atomic E-state index is 10.9. The van der Waals surface area contributed by atoms with Crippen LogP contribution in [0, 0.1) is 0 Å². The average Bonchev–Trinajstić information content (AvgIpc) is 2.66. The Bertz CT molecular complexity index is 700. The summed E-state index contributed by atoms with van der Waals surface area (Å²) in [6.45, 7) is 0. The summed E-state index contributed by atoms with van der Waals surface area (Å²) in [4.78, 5) is 10.9. The molecule has 0 fully saturated rings. The number of rotatable bonds is 1. The van der Waals surface area contributed by atoms with Crippen molar-refractivity contribution in [3.63, 3.8) is 0 Å². The molecular weight excluding hydrogens is 227 g/mol. The minimum absolute atomic E-state index is 0. The molecule has 1 aromatic heterocycles. The summed E-state index contributed by atoms with van der Waals surface area (Å²) in [5.74, 6) is -0.924. The number of aromatic carboxylic acids is 1. The molecule has 0 unspecified atom stereocenters. The van der Waals surface area contributed by atoms with Crippen LogP contribution in [0.15, 0.2) is 46.9 Å². The van der Waals surface area contributed by atoms with Crippen LogP contribution in [0.5, 0.6) is 0 Å². The molecule has 17 heavy (non-hydrogen) atoms. The van der Waals surface area contributed by atoms with Gasteiger partial charge in [0, 0.05) is 10.8 Å². The zero-order chi connectivity index (χ0) is 11.1. The number of furan rings is 1. The van der Waals surface area contributed by atoms with Crippen molar-refractivity contribution in [2.75, 3.05) is 0 Å². The molecule has 0 atom stereocenters. The molecule has 0 bridgehead atoms. The van der Waals surface area contributed by atoms with E-state index in [0.29, 0.717) is 5.58 Å². The Morgan fingerprint density at radius 3 is 2.47 bits per heavy atom. The number of fused-ring (bicyclic) bond motifs is 3. The van der Waals surface area contributed by atoms with Crippen molar-refractivity contribution in [2.45, 2.75) is 0 Å². The molecule has 0 aliphatic carbocycles. The molecule has 0 saturated carbocycles. The topological polar surface area (TPSA) is 50.4 Å². The van der Waals surface area contributed by atoms with Crippen molar-refractivity contribution in [3.8, 4) is 0 Å². The Kier molecular flexibility index (Phi) is 3.24. The van der Waals surface area contributed by atoms with E-state index in [0.717, 1.165) is 16.4 Å². The van der Waals surface area contributed by atoms with Gasteiger partial charge in [-0.3, -0.25) is 0 Å². The van der Waals surface area contributed by atoms with E-state index in [9.17, 15) is 4.79 Å². The van der Waals surface area contributed by atoms with Crippen LogP contribution in [0.3, 0.4) is 0 Å². The summed E-state index contributed by atoms with van der Waals surface area (Å²) < 4.78 is 5.59. The minimum Gasteiger partial charge on any atom is -0.478 e. The molecule has 0 radical (unpaired) electrons. The number of benzene rings is 2. The fourth-order valence-corrected chi connectivity index (χ4v) is 1.86. The number of hydrogen-bond donors (Lipinski definition) is 1. The van der Waals surface area contributed by atoms with Crippen LogP contribution < -0.4 is 29.6 Å². The van der Waals surface area contributed by atoms with Crippen molar-refractivity contribution in [1.82, 2.24) is 0 Å². The van der Waals surface area contributed by atoms with E-state index < -0.39 is 5.97 Å². The average molecular weight is 235 g/mol. The second kappa shape index (κ2) is 4.53. The molecule has 3 nitrogen and oxygen atoms in total. The Balaban J connectivity index is 0.00000108. The van der Waals surface area contributed by atoms with Crippen molar-refractivity contribution in [2.24, 2.45) is 0 Å². The summed E-state index contributed by atoms with van der Waals surface area (Å²) in [5.41, 5.74) is 1.77. The molecule has 78 valence electrons. The van der Waals surface area contributed by atoms with E-state index in [1.54, 1.807) is 18.2 Å². The molecule has 1 heterocycles.